The third kappa shape index (κ3) is 4.46. The topological polar surface area (TPSA) is 91.1 Å². The fraction of sp³-hybridized carbons (Fsp3) is 0.125. The number of rotatable bonds is 6. The van der Waals surface area contributed by atoms with Crippen molar-refractivity contribution in [2.45, 2.75) is 25.2 Å². The zero-order valence-corrected chi connectivity index (χ0v) is 18.1. The molecule has 0 aliphatic rings. The summed E-state index contributed by atoms with van der Waals surface area (Å²) in [5.74, 6) is -0.173. The summed E-state index contributed by atoms with van der Waals surface area (Å²) in [4.78, 5) is 16.2. The molecule has 0 radical (unpaired) electrons. The van der Waals surface area contributed by atoms with Crippen LogP contribution in [0.25, 0.3) is 10.9 Å². The zero-order chi connectivity index (χ0) is 22.0. The van der Waals surface area contributed by atoms with E-state index in [9.17, 15) is 13.2 Å². The maximum atomic E-state index is 12.7. The van der Waals surface area contributed by atoms with E-state index in [4.69, 9.17) is 0 Å². The van der Waals surface area contributed by atoms with Gasteiger partial charge in [-0.05, 0) is 55.3 Å². The van der Waals surface area contributed by atoms with E-state index in [1.807, 2.05) is 38.1 Å². The van der Waals surface area contributed by atoms with Crippen molar-refractivity contribution in [1.82, 2.24) is 4.98 Å². The number of carbonyl (C=O) groups excluding carboxylic acids is 1. The average Bonchev–Trinajstić information content (AvgIpc) is 3.06. The molecule has 1 amide bonds. The maximum absolute atomic E-state index is 12.7. The van der Waals surface area contributed by atoms with Gasteiger partial charge in [0.05, 0.1) is 17.0 Å². The number of sulfonamides is 1. The number of anilines is 2. The van der Waals surface area contributed by atoms with Crippen LogP contribution < -0.4 is 10.0 Å². The Morgan fingerprint density at radius 1 is 0.935 bits per heavy atom. The van der Waals surface area contributed by atoms with Crippen LogP contribution in [0.2, 0.25) is 0 Å². The monoisotopic (exact) mass is 433 g/mol. The predicted octanol–water partition coefficient (Wildman–Crippen LogP) is 4.77. The lowest BCUT2D eigenvalue weighted by atomic mass is 10.1. The van der Waals surface area contributed by atoms with E-state index >= 15 is 0 Å². The standard InChI is InChI=1S/C24H23N3O3S/c1-16-12-13-18(14-23(16)27-31(29,30)19-8-4-3-5-9-19)26-24(28)15-21-17(2)25-22-11-7-6-10-20(21)22/h3-14,25,27H,15H2,1-2H3,(H,26,28). The number of carbonyl (C=O) groups is 1. The summed E-state index contributed by atoms with van der Waals surface area (Å²) in [5, 5.41) is 3.90. The van der Waals surface area contributed by atoms with Gasteiger partial charge in [-0.25, -0.2) is 8.42 Å². The van der Waals surface area contributed by atoms with Crippen molar-refractivity contribution < 1.29 is 13.2 Å². The van der Waals surface area contributed by atoms with Gasteiger partial charge in [0.25, 0.3) is 10.0 Å². The molecular formula is C24H23N3O3S. The van der Waals surface area contributed by atoms with Crippen LogP contribution in [-0.4, -0.2) is 19.3 Å². The summed E-state index contributed by atoms with van der Waals surface area (Å²) >= 11 is 0. The number of para-hydroxylation sites is 1. The number of fused-ring (bicyclic) bond motifs is 1. The number of hydrogen-bond acceptors (Lipinski definition) is 3. The average molecular weight is 434 g/mol. The molecule has 3 aromatic carbocycles. The molecule has 0 atom stereocenters. The SMILES string of the molecule is Cc1ccc(NC(=O)Cc2c(C)[nH]c3ccccc23)cc1NS(=O)(=O)c1ccccc1. The second-order valence-corrected chi connectivity index (χ2v) is 9.13. The van der Waals surface area contributed by atoms with Crippen molar-refractivity contribution in [2.75, 3.05) is 10.0 Å². The van der Waals surface area contributed by atoms with Gasteiger partial charge in [0.2, 0.25) is 5.91 Å². The van der Waals surface area contributed by atoms with Gasteiger partial charge in [-0.1, -0.05) is 42.5 Å². The number of H-pyrrole nitrogens is 1. The quantitative estimate of drug-likeness (QED) is 0.409. The van der Waals surface area contributed by atoms with Crippen LogP contribution in [0.3, 0.4) is 0 Å². The van der Waals surface area contributed by atoms with Crippen molar-refractivity contribution in [3.05, 3.63) is 89.6 Å². The zero-order valence-electron chi connectivity index (χ0n) is 17.3. The van der Waals surface area contributed by atoms with Gasteiger partial charge in [0, 0.05) is 22.3 Å². The number of aryl methyl sites for hydroxylation is 2. The molecule has 3 N–H and O–H groups in total. The van der Waals surface area contributed by atoms with Gasteiger partial charge in [0.1, 0.15) is 0 Å². The van der Waals surface area contributed by atoms with Crippen LogP contribution >= 0.6 is 0 Å². The molecule has 0 fully saturated rings. The Labute approximate surface area is 181 Å². The molecule has 31 heavy (non-hydrogen) atoms. The van der Waals surface area contributed by atoms with Crippen molar-refractivity contribution in [2.24, 2.45) is 0 Å². The summed E-state index contributed by atoms with van der Waals surface area (Å²) in [5.41, 5.74) is 4.60. The Kier molecular flexibility index (Phi) is 5.52. The molecule has 7 heteroatoms. The Morgan fingerprint density at radius 3 is 2.42 bits per heavy atom. The molecule has 6 nitrogen and oxygen atoms in total. The van der Waals surface area contributed by atoms with Gasteiger partial charge in [-0.15, -0.1) is 0 Å². The smallest absolute Gasteiger partial charge is 0.261 e. The molecule has 0 bridgehead atoms. The van der Waals surface area contributed by atoms with Crippen LogP contribution in [0.5, 0.6) is 0 Å². The van der Waals surface area contributed by atoms with Crippen LogP contribution in [0.4, 0.5) is 11.4 Å². The molecule has 0 spiro atoms. The lowest BCUT2D eigenvalue weighted by Gasteiger charge is -2.13. The number of nitrogens with one attached hydrogen (secondary N) is 3. The van der Waals surface area contributed by atoms with E-state index in [1.165, 1.54) is 12.1 Å². The largest absolute Gasteiger partial charge is 0.358 e. The number of hydrogen-bond donors (Lipinski definition) is 3. The number of aromatic amines is 1. The van der Waals surface area contributed by atoms with Gasteiger partial charge < -0.3 is 10.3 Å². The summed E-state index contributed by atoms with van der Waals surface area (Å²) < 4.78 is 27.9. The van der Waals surface area contributed by atoms with Gasteiger partial charge >= 0.3 is 0 Å². The Bertz CT molecular complexity index is 1360. The molecule has 1 aromatic heterocycles. The molecule has 158 valence electrons. The highest BCUT2D eigenvalue weighted by Crippen LogP contribution is 2.25. The highest BCUT2D eigenvalue weighted by molar-refractivity contribution is 7.92. The predicted molar refractivity (Wildman–Crippen MR) is 124 cm³/mol. The second kappa shape index (κ2) is 8.28. The summed E-state index contributed by atoms with van der Waals surface area (Å²) in [6.07, 6.45) is 0.217. The molecule has 0 saturated carbocycles. The molecule has 0 saturated heterocycles. The van der Waals surface area contributed by atoms with Crippen LogP contribution in [-0.2, 0) is 21.2 Å². The fourth-order valence-corrected chi connectivity index (χ4v) is 4.68. The molecular weight excluding hydrogens is 410 g/mol. The first kappa shape index (κ1) is 20.7. The highest BCUT2D eigenvalue weighted by atomic mass is 32.2. The molecule has 0 aliphatic carbocycles. The second-order valence-electron chi connectivity index (χ2n) is 7.45. The summed E-state index contributed by atoms with van der Waals surface area (Å²) in [6.45, 7) is 3.76. The number of aromatic nitrogens is 1. The number of amides is 1. The first-order chi connectivity index (χ1) is 14.8. The normalized spacial score (nSPS) is 11.4. The lowest BCUT2D eigenvalue weighted by molar-refractivity contribution is -0.115. The minimum absolute atomic E-state index is 0.173. The summed E-state index contributed by atoms with van der Waals surface area (Å²) in [7, 11) is -3.72. The number of benzene rings is 3. The first-order valence-electron chi connectivity index (χ1n) is 9.88. The minimum atomic E-state index is -3.72. The van der Waals surface area contributed by atoms with Crippen molar-refractivity contribution in [3.63, 3.8) is 0 Å². The molecule has 4 rings (SSSR count). The fourth-order valence-electron chi connectivity index (χ4n) is 3.54. The molecule has 1 heterocycles. The minimum Gasteiger partial charge on any atom is -0.358 e. The Morgan fingerprint density at radius 2 is 1.65 bits per heavy atom. The highest BCUT2D eigenvalue weighted by Gasteiger charge is 2.16. The van der Waals surface area contributed by atoms with Crippen LogP contribution in [0, 0.1) is 13.8 Å². The maximum Gasteiger partial charge on any atom is 0.261 e. The molecule has 0 unspecified atom stereocenters. The Hall–Kier alpha value is -3.58. The van der Waals surface area contributed by atoms with E-state index in [0.717, 1.165) is 27.7 Å². The van der Waals surface area contributed by atoms with Gasteiger partial charge in [0.15, 0.2) is 0 Å². The van der Waals surface area contributed by atoms with Crippen molar-refractivity contribution in [1.29, 1.82) is 0 Å². The van der Waals surface area contributed by atoms with E-state index in [0.29, 0.717) is 11.4 Å². The molecule has 4 aromatic rings. The van der Waals surface area contributed by atoms with E-state index in [2.05, 4.69) is 15.0 Å². The van der Waals surface area contributed by atoms with E-state index in [-0.39, 0.29) is 17.2 Å². The van der Waals surface area contributed by atoms with Crippen molar-refractivity contribution >= 4 is 38.2 Å². The van der Waals surface area contributed by atoms with E-state index in [1.54, 1.807) is 36.4 Å². The van der Waals surface area contributed by atoms with E-state index < -0.39 is 10.0 Å². The third-order valence-electron chi connectivity index (χ3n) is 5.18. The van der Waals surface area contributed by atoms with Gasteiger partial charge in [-0.3, -0.25) is 9.52 Å². The third-order valence-corrected chi connectivity index (χ3v) is 6.56. The van der Waals surface area contributed by atoms with Crippen LogP contribution in [0.1, 0.15) is 16.8 Å². The Balaban J connectivity index is 1.53. The first-order valence-corrected chi connectivity index (χ1v) is 11.4. The van der Waals surface area contributed by atoms with Crippen LogP contribution in [0.15, 0.2) is 77.7 Å². The molecule has 0 aliphatic heterocycles. The van der Waals surface area contributed by atoms with Gasteiger partial charge in [-0.2, -0.15) is 0 Å². The lowest BCUT2D eigenvalue weighted by Crippen LogP contribution is -2.16. The van der Waals surface area contributed by atoms with Crippen molar-refractivity contribution in [3.8, 4) is 0 Å². The summed E-state index contributed by atoms with van der Waals surface area (Å²) in [6, 6.07) is 21.2.